The van der Waals surface area contributed by atoms with E-state index < -0.39 is 4.92 Å². The molecule has 18 heavy (non-hydrogen) atoms. The number of fused-ring (bicyclic) bond motifs is 1. The molecule has 3 aromatic rings. The van der Waals surface area contributed by atoms with Crippen molar-refractivity contribution in [3.8, 4) is 11.4 Å². The lowest BCUT2D eigenvalue weighted by Crippen LogP contribution is -1.96. The number of aromatic nitrogens is 4. The first-order chi connectivity index (χ1) is 8.66. The van der Waals surface area contributed by atoms with E-state index in [9.17, 15) is 10.1 Å². The summed E-state index contributed by atoms with van der Waals surface area (Å²) in [6, 6.07) is 6.30. The quantitative estimate of drug-likeness (QED) is 0.551. The maximum atomic E-state index is 11.0. The number of rotatable bonds is 2. The van der Waals surface area contributed by atoms with Crippen LogP contribution in [0, 0.1) is 10.1 Å². The highest BCUT2D eigenvalue weighted by Gasteiger charge is 2.20. The highest BCUT2D eigenvalue weighted by molar-refractivity contribution is 7.20. The summed E-state index contributed by atoms with van der Waals surface area (Å²) in [5.74, 6) is 0.310. The zero-order chi connectivity index (χ0) is 12.7. The van der Waals surface area contributed by atoms with Crippen LogP contribution in [0.25, 0.3) is 16.3 Å². The second-order valence-electron chi connectivity index (χ2n) is 3.43. The van der Waals surface area contributed by atoms with Crippen molar-refractivity contribution in [2.75, 3.05) is 5.73 Å². The maximum Gasteiger partial charge on any atom is 0.280 e. The molecule has 0 spiro atoms. The van der Waals surface area contributed by atoms with Gasteiger partial charge in [-0.3, -0.25) is 10.1 Å². The molecule has 0 aliphatic rings. The molecule has 0 fully saturated rings. The van der Waals surface area contributed by atoms with Crippen LogP contribution in [0.3, 0.4) is 0 Å². The van der Waals surface area contributed by atoms with E-state index in [1.54, 1.807) is 18.2 Å². The maximum absolute atomic E-state index is 11.0. The van der Waals surface area contributed by atoms with Gasteiger partial charge >= 0.3 is 0 Å². The summed E-state index contributed by atoms with van der Waals surface area (Å²) >= 11 is 1.17. The number of nitrogens with zero attached hydrogens (tertiary/aromatic N) is 5. The number of nitro benzene ring substituents is 1. The first kappa shape index (κ1) is 10.6. The van der Waals surface area contributed by atoms with E-state index in [1.807, 2.05) is 0 Å². The van der Waals surface area contributed by atoms with Crippen LogP contribution in [0.1, 0.15) is 0 Å². The topological polar surface area (TPSA) is 112 Å². The smallest absolute Gasteiger partial charge is 0.280 e. The van der Waals surface area contributed by atoms with Gasteiger partial charge in [-0.15, -0.1) is 15.3 Å². The molecule has 0 saturated carbocycles. The third-order valence-corrected chi connectivity index (χ3v) is 3.08. The van der Waals surface area contributed by atoms with Crippen LogP contribution in [0.2, 0.25) is 0 Å². The Morgan fingerprint density at radius 1 is 1.33 bits per heavy atom. The number of nitrogens with two attached hydrogens (primary N) is 1. The van der Waals surface area contributed by atoms with Gasteiger partial charge < -0.3 is 5.73 Å². The fourth-order valence-corrected chi connectivity index (χ4v) is 2.23. The van der Waals surface area contributed by atoms with Gasteiger partial charge in [0.1, 0.15) is 0 Å². The van der Waals surface area contributed by atoms with Crippen molar-refractivity contribution in [2.24, 2.45) is 0 Å². The molecule has 2 N–H and O–H groups in total. The number of nitro groups is 1. The van der Waals surface area contributed by atoms with E-state index in [-0.39, 0.29) is 5.69 Å². The monoisotopic (exact) mass is 262 g/mol. The summed E-state index contributed by atoms with van der Waals surface area (Å²) in [5.41, 5.74) is 5.88. The molecule has 0 radical (unpaired) electrons. The minimum absolute atomic E-state index is 0.0432. The van der Waals surface area contributed by atoms with Gasteiger partial charge in [0.2, 0.25) is 10.1 Å². The van der Waals surface area contributed by atoms with Gasteiger partial charge in [0.15, 0.2) is 5.82 Å². The average Bonchev–Trinajstić information content (AvgIpc) is 2.87. The van der Waals surface area contributed by atoms with Crippen LogP contribution in [-0.2, 0) is 0 Å². The highest BCUT2D eigenvalue weighted by atomic mass is 32.1. The van der Waals surface area contributed by atoms with Gasteiger partial charge in [0, 0.05) is 6.07 Å². The predicted molar refractivity (Wildman–Crippen MR) is 65.2 cm³/mol. The number of anilines is 1. The summed E-state index contributed by atoms with van der Waals surface area (Å²) < 4.78 is 1.41. The molecule has 0 saturated heterocycles. The lowest BCUT2D eigenvalue weighted by Gasteiger charge is -1.98. The third-order valence-electron chi connectivity index (χ3n) is 2.35. The zero-order valence-corrected chi connectivity index (χ0v) is 9.66. The molecule has 0 aliphatic carbocycles. The van der Waals surface area contributed by atoms with E-state index in [1.165, 1.54) is 21.9 Å². The normalized spacial score (nSPS) is 10.9. The first-order valence-electron chi connectivity index (χ1n) is 4.88. The summed E-state index contributed by atoms with van der Waals surface area (Å²) in [5, 5.41) is 23.1. The average molecular weight is 262 g/mol. The second kappa shape index (κ2) is 3.74. The Morgan fingerprint density at radius 3 is 2.89 bits per heavy atom. The summed E-state index contributed by atoms with van der Waals surface area (Å²) in [7, 11) is 0. The van der Waals surface area contributed by atoms with Gasteiger partial charge in [-0.2, -0.15) is 4.52 Å². The highest BCUT2D eigenvalue weighted by Crippen LogP contribution is 2.29. The Labute approximate surface area is 104 Å². The molecule has 2 heterocycles. The SMILES string of the molecule is Nc1nn2c(-c3ccccc3[N+](=O)[O-])nnc2s1. The minimum atomic E-state index is -0.466. The van der Waals surface area contributed by atoms with Crippen LogP contribution < -0.4 is 5.73 Å². The Bertz CT molecular complexity index is 748. The Hall–Kier alpha value is -2.55. The van der Waals surface area contributed by atoms with E-state index >= 15 is 0 Å². The van der Waals surface area contributed by atoms with Gasteiger partial charge in [-0.05, 0) is 6.07 Å². The van der Waals surface area contributed by atoms with Crippen molar-refractivity contribution in [1.29, 1.82) is 0 Å². The van der Waals surface area contributed by atoms with Crippen molar-refractivity contribution in [2.45, 2.75) is 0 Å². The zero-order valence-electron chi connectivity index (χ0n) is 8.85. The molecule has 8 nitrogen and oxygen atoms in total. The van der Waals surface area contributed by atoms with Crippen LogP contribution in [-0.4, -0.2) is 24.7 Å². The number of hydrogen-bond acceptors (Lipinski definition) is 7. The van der Waals surface area contributed by atoms with Crippen LogP contribution >= 0.6 is 11.3 Å². The number of para-hydroxylation sites is 1. The molecule has 9 heteroatoms. The number of nitrogen functional groups attached to an aromatic ring is 1. The second-order valence-corrected chi connectivity index (χ2v) is 4.42. The minimum Gasteiger partial charge on any atom is -0.374 e. The molecule has 3 rings (SSSR count). The number of benzene rings is 1. The molecule has 2 aromatic heterocycles. The predicted octanol–water partition coefficient (Wildman–Crippen LogP) is 1.34. The Balaban J connectivity index is 2.29. The molecule has 0 aliphatic heterocycles. The van der Waals surface area contributed by atoms with Crippen LogP contribution in [0.5, 0.6) is 0 Å². The van der Waals surface area contributed by atoms with Crippen LogP contribution in [0.4, 0.5) is 10.8 Å². The van der Waals surface area contributed by atoms with Gasteiger partial charge in [-0.25, -0.2) is 0 Å². The summed E-state index contributed by atoms with van der Waals surface area (Å²) in [6.07, 6.45) is 0. The van der Waals surface area contributed by atoms with Crippen molar-refractivity contribution < 1.29 is 4.92 Å². The van der Waals surface area contributed by atoms with E-state index in [0.29, 0.717) is 21.5 Å². The molecule has 0 atom stereocenters. The fourth-order valence-electron chi connectivity index (χ4n) is 1.62. The molecular formula is C9H6N6O2S. The Morgan fingerprint density at radius 2 is 2.11 bits per heavy atom. The molecule has 0 amide bonds. The summed E-state index contributed by atoms with van der Waals surface area (Å²) in [4.78, 5) is 11.0. The largest absolute Gasteiger partial charge is 0.374 e. The molecule has 1 aromatic carbocycles. The van der Waals surface area contributed by atoms with E-state index in [0.717, 1.165) is 0 Å². The van der Waals surface area contributed by atoms with Gasteiger partial charge in [-0.1, -0.05) is 23.5 Å². The molecule has 0 unspecified atom stereocenters. The standard InChI is InChI=1S/C9H6N6O2S/c10-8-13-14-7(11-12-9(14)18-8)5-3-1-2-4-6(5)15(16)17/h1-4H,(H2,10,13). The summed E-state index contributed by atoms with van der Waals surface area (Å²) in [6.45, 7) is 0. The van der Waals surface area contributed by atoms with Crippen molar-refractivity contribution in [3.63, 3.8) is 0 Å². The van der Waals surface area contributed by atoms with Crippen molar-refractivity contribution in [1.82, 2.24) is 19.8 Å². The first-order valence-corrected chi connectivity index (χ1v) is 5.70. The lowest BCUT2D eigenvalue weighted by atomic mass is 10.2. The molecule has 0 bridgehead atoms. The van der Waals surface area contributed by atoms with Crippen molar-refractivity contribution >= 4 is 27.1 Å². The van der Waals surface area contributed by atoms with Gasteiger partial charge in [0.05, 0.1) is 10.5 Å². The van der Waals surface area contributed by atoms with Gasteiger partial charge in [0.25, 0.3) is 5.69 Å². The van der Waals surface area contributed by atoms with Crippen LogP contribution in [0.15, 0.2) is 24.3 Å². The third kappa shape index (κ3) is 1.49. The van der Waals surface area contributed by atoms with E-state index in [2.05, 4.69) is 15.3 Å². The fraction of sp³-hybridized carbons (Fsp3) is 0. The molecule has 90 valence electrons. The van der Waals surface area contributed by atoms with Crippen molar-refractivity contribution in [3.05, 3.63) is 34.4 Å². The Kier molecular flexibility index (Phi) is 2.20. The lowest BCUT2D eigenvalue weighted by molar-refractivity contribution is -0.384. The number of hydrogen-bond donors (Lipinski definition) is 1. The van der Waals surface area contributed by atoms with E-state index in [4.69, 9.17) is 5.73 Å². The molecular weight excluding hydrogens is 256 g/mol.